The summed E-state index contributed by atoms with van der Waals surface area (Å²) in [5.74, 6) is 5.57. The van der Waals surface area contributed by atoms with E-state index in [1.54, 1.807) is 0 Å². The third kappa shape index (κ3) is 2.20. The van der Waals surface area contributed by atoms with Crippen molar-refractivity contribution in [2.24, 2.45) is 10.9 Å². The van der Waals surface area contributed by atoms with Crippen LogP contribution in [0.2, 0.25) is 0 Å². The summed E-state index contributed by atoms with van der Waals surface area (Å²) >= 11 is 0. The van der Waals surface area contributed by atoms with Crippen LogP contribution in [0, 0.1) is 0 Å². The second-order valence-electron chi connectivity index (χ2n) is 4.41. The minimum absolute atomic E-state index is 0.811. The van der Waals surface area contributed by atoms with Crippen molar-refractivity contribution in [2.45, 2.75) is 0 Å². The van der Waals surface area contributed by atoms with Gasteiger partial charge in [0.05, 0.1) is 5.71 Å². The third-order valence-electron chi connectivity index (χ3n) is 3.20. The molecule has 92 valence electrons. The molecule has 0 spiro atoms. The van der Waals surface area contributed by atoms with E-state index in [9.17, 15) is 0 Å². The van der Waals surface area contributed by atoms with E-state index >= 15 is 0 Å². The van der Waals surface area contributed by atoms with Gasteiger partial charge in [0, 0.05) is 11.1 Å². The van der Waals surface area contributed by atoms with Crippen LogP contribution in [0.15, 0.2) is 77.9 Å². The zero-order chi connectivity index (χ0) is 13.1. The van der Waals surface area contributed by atoms with Gasteiger partial charge >= 0.3 is 0 Å². The average molecular weight is 246 g/mol. The highest BCUT2D eigenvalue weighted by molar-refractivity contribution is 6.14. The quantitative estimate of drug-likeness (QED) is 0.419. The molecule has 2 N–H and O–H groups in total. The van der Waals surface area contributed by atoms with Crippen LogP contribution in [0.5, 0.6) is 0 Å². The van der Waals surface area contributed by atoms with Gasteiger partial charge in [0.15, 0.2) is 0 Å². The molecule has 0 aliphatic carbocycles. The molecule has 0 aromatic heterocycles. The largest absolute Gasteiger partial charge is 0.323 e. The highest BCUT2D eigenvalue weighted by atomic mass is 15.1. The molecule has 0 bridgehead atoms. The topological polar surface area (TPSA) is 38.4 Å². The highest BCUT2D eigenvalue weighted by Crippen LogP contribution is 2.18. The zero-order valence-electron chi connectivity index (χ0n) is 10.5. The van der Waals surface area contributed by atoms with Gasteiger partial charge in [0.2, 0.25) is 0 Å². The fourth-order valence-electron chi connectivity index (χ4n) is 2.25. The van der Waals surface area contributed by atoms with E-state index in [1.165, 1.54) is 10.8 Å². The summed E-state index contributed by atoms with van der Waals surface area (Å²) in [5.41, 5.74) is 2.87. The van der Waals surface area contributed by atoms with Crippen LogP contribution in [-0.2, 0) is 0 Å². The molecule has 0 amide bonds. The first kappa shape index (κ1) is 11.5. The maximum Gasteiger partial charge on any atom is 0.0971 e. The Morgan fingerprint density at radius 3 is 2.11 bits per heavy atom. The monoisotopic (exact) mass is 246 g/mol. The Labute approximate surface area is 112 Å². The minimum atomic E-state index is 0.811. The average Bonchev–Trinajstić information content (AvgIpc) is 2.49. The van der Waals surface area contributed by atoms with Crippen molar-refractivity contribution in [3.8, 4) is 0 Å². The van der Waals surface area contributed by atoms with Gasteiger partial charge < -0.3 is 5.84 Å². The normalized spacial score (nSPS) is 11.7. The predicted molar refractivity (Wildman–Crippen MR) is 80.2 cm³/mol. The van der Waals surface area contributed by atoms with Gasteiger partial charge in [-0.2, -0.15) is 5.10 Å². The van der Waals surface area contributed by atoms with Crippen molar-refractivity contribution in [3.05, 3.63) is 83.9 Å². The number of hydrazone groups is 1. The van der Waals surface area contributed by atoms with Crippen molar-refractivity contribution in [3.63, 3.8) is 0 Å². The number of hydrogen-bond acceptors (Lipinski definition) is 2. The zero-order valence-corrected chi connectivity index (χ0v) is 10.5. The fourth-order valence-corrected chi connectivity index (χ4v) is 2.25. The van der Waals surface area contributed by atoms with Gasteiger partial charge in [-0.3, -0.25) is 0 Å². The Bertz CT molecular complexity index is 730. The first-order chi connectivity index (χ1) is 9.38. The van der Waals surface area contributed by atoms with E-state index in [4.69, 9.17) is 5.84 Å². The molecule has 0 heterocycles. The molecule has 3 aromatic rings. The molecule has 0 saturated carbocycles. The van der Waals surface area contributed by atoms with Crippen molar-refractivity contribution in [1.29, 1.82) is 0 Å². The molecule has 3 rings (SSSR count). The third-order valence-corrected chi connectivity index (χ3v) is 3.20. The van der Waals surface area contributed by atoms with E-state index in [-0.39, 0.29) is 0 Å². The fraction of sp³-hybridized carbons (Fsp3) is 0. The van der Waals surface area contributed by atoms with Gasteiger partial charge in [-0.1, -0.05) is 66.7 Å². The van der Waals surface area contributed by atoms with E-state index in [0.29, 0.717) is 0 Å². The Hall–Kier alpha value is -2.61. The smallest absolute Gasteiger partial charge is 0.0971 e. The second kappa shape index (κ2) is 4.94. The summed E-state index contributed by atoms with van der Waals surface area (Å²) < 4.78 is 0. The minimum Gasteiger partial charge on any atom is -0.323 e. The summed E-state index contributed by atoms with van der Waals surface area (Å²) in [5, 5.41) is 6.36. The van der Waals surface area contributed by atoms with Crippen LogP contribution < -0.4 is 5.84 Å². The number of nitrogens with zero attached hydrogens (tertiary/aromatic N) is 1. The molecule has 2 nitrogen and oxygen atoms in total. The molecule has 0 unspecified atom stereocenters. The van der Waals surface area contributed by atoms with Crippen LogP contribution in [0.1, 0.15) is 11.1 Å². The number of hydrogen-bond donors (Lipinski definition) is 1. The number of benzene rings is 3. The maximum absolute atomic E-state index is 5.57. The summed E-state index contributed by atoms with van der Waals surface area (Å²) in [6, 6.07) is 24.5. The predicted octanol–water partition coefficient (Wildman–Crippen LogP) is 3.55. The molecular weight excluding hydrogens is 232 g/mol. The summed E-state index contributed by atoms with van der Waals surface area (Å²) in [4.78, 5) is 0. The van der Waals surface area contributed by atoms with Gasteiger partial charge in [0.1, 0.15) is 0 Å². The molecule has 0 fully saturated rings. The van der Waals surface area contributed by atoms with Crippen LogP contribution >= 0.6 is 0 Å². The van der Waals surface area contributed by atoms with E-state index < -0.39 is 0 Å². The van der Waals surface area contributed by atoms with Crippen molar-refractivity contribution in [2.75, 3.05) is 0 Å². The van der Waals surface area contributed by atoms with Gasteiger partial charge in [-0.25, -0.2) is 0 Å². The number of rotatable bonds is 2. The van der Waals surface area contributed by atoms with Gasteiger partial charge in [-0.05, 0) is 16.8 Å². The van der Waals surface area contributed by atoms with Crippen molar-refractivity contribution >= 4 is 16.5 Å². The molecule has 0 saturated heterocycles. The highest BCUT2D eigenvalue weighted by Gasteiger charge is 2.06. The van der Waals surface area contributed by atoms with Gasteiger partial charge in [-0.15, -0.1) is 0 Å². The molecule has 0 atom stereocenters. The lowest BCUT2D eigenvalue weighted by atomic mass is 9.99. The first-order valence-electron chi connectivity index (χ1n) is 6.21. The van der Waals surface area contributed by atoms with E-state index in [0.717, 1.165) is 16.8 Å². The van der Waals surface area contributed by atoms with Crippen LogP contribution in [0.4, 0.5) is 0 Å². The lowest BCUT2D eigenvalue weighted by molar-refractivity contribution is 1.24. The van der Waals surface area contributed by atoms with Crippen molar-refractivity contribution in [1.82, 2.24) is 0 Å². The Morgan fingerprint density at radius 1 is 0.684 bits per heavy atom. The van der Waals surface area contributed by atoms with Crippen LogP contribution in [0.3, 0.4) is 0 Å². The van der Waals surface area contributed by atoms with Crippen LogP contribution in [0.25, 0.3) is 10.8 Å². The standard InChI is InChI=1S/C17H14N2/c18-19-17(14-7-2-1-3-8-14)16-11-10-13-6-4-5-9-15(13)12-16/h1-12H,18H2/b19-17+. The van der Waals surface area contributed by atoms with E-state index in [1.807, 2.05) is 42.5 Å². The Kier molecular flexibility index (Phi) is 2.99. The second-order valence-corrected chi connectivity index (χ2v) is 4.41. The first-order valence-corrected chi connectivity index (χ1v) is 6.21. The number of nitrogens with two attached hydrogens (primary N) is 1. The summed E-state index contributed by atoms with van der Waals surface area (Å²) in [7, 11) is 0. The molecular formula is C17H14N2. The SMILES string of the molecule is N/N=C(\c1ccccc1)c1ccc2ccccc2c1. The number of fused-ring (bicyclic) bond motifs is 1. The summed E-state index contributed by atoms with van der Waals surface area (Å²) in [6.45, 7) is 0. The molecule has 0 radical (unpaired) electrons. The summed E-state index contributed by atoms with van der Waals surface area (Å²) in [6.07, 6.45) is 0. The van der Waals surface area contributed by atoms with E-state index in [2.05, 4.69) is 35.4 Å². The molecule has 3 aromatic carbocycles. The maximum atomic E-state index is 5.57. The Morgan fingerprint density at radius 2 is 1.37 bits per heavy atom. The Balaban J connectivity index is 2.12. The molecule has 2 heteroatoms. The molecule has 0 aliphatic rings. The van der Waals surface area contributed by atoms with Crippen LogP contribution in [-0.4, -0.2) is 5.71 Å². The van der Waals surface area contributed by atoms with Gasteiger partial charge in [0.25, 0.3) is 0 Å². The molecule has 19 heavy (non-hydrogen) atoms. The lowest BCUT2D eigenvalue weighted by Crippen LogP contribution is -2.06. The van der Waals surface area contributed by atoms with Crippen molar-refractivity contribution < 1.29 is 0 Å². The lowest BCUT2D eigenvalue weighted by Gasteiger charge is -2.07. The molecule has 0 aliphatic heterocycles.